The molecule has 1 aromatic carbocycles. The number of benzene rings is 1. The van der Waals surface area contributed by atoms with E-state index in [-0.39, 0.29) is 38.4 Å². The molecule has 0 spiro atoms. The van der Waals surface area contributed by atoms with Gasteiger partial charge in [-0.15, -0.1) is 10.2 Å². The SMILES string of the molecule is CC(C)(C)c1cn(Cc2ncco2)cn1.CCCn1cnc(C(C)(C)C)c1.CNC(=O)Cn1ncc(C(C)(C)C)c1C.COCCc1nn(Cc2ccc(C)cc2)cc1C(C)(C)C.Cc1[nH]ncc1C(C)(C)C.Cn1nnc(C(C)(C)C)n1. The predicted octanol–water partition coefficient (Wildman–Crippen LogP) is 12.3. The van der Waals surface area contributed by atoms with Crippen molar-refractivity contribution in [2.24, 2.45) is 7.05 Å². The molecule has 0 aliphatic heterocycles. The van der Waals surface area contributed by atoms with Crippen molar-refractivity contribution in [2.75, 3.05) is 20.8 Å². The average molecular weight is 1150 g/mol. The Balaban J connectivity index is 0.000000266. The molecule has 8 rings (SSSR count). The molecule has 0 saturated heterocycles. The molecular formula is C64H104N16O3. The number of H-pyrrole nitrogens is 1. The van der Waals surface area contributed by atoms with Crippen LogP contribution in [0.15, 0.2) is 84.8 Å². The number of aromatic nitrogens is 15. The largest absolute Gasteiger partial charge is 0.447 e. The van der Waals surface area contributed by atoms with Gasteiger partial charge in [-0.1, -0.05) is 161 Å². The molecule has 0 bridgehead atoms. The van der Waals surface area contributed by atoms with E-state index in [9.17, 15) is 4.79 Å². The number of carbonyl (C=O) groups excluding carboxylic acids is 1. The molecule has 8 aromatic rings. The van der Waals surface area contributed by atoms with Crippen molar-refractivity contribution in [3.05, 3.63) is 148 Å². The lowest BCUT2D eigenvalue weighted by atomic mass is 9.87. The standard InChI is InChI=1S/C18H26N2O.C11H15N3O.C11H19N3O.C10H18N2.C8H14N2.C6H12N4/c1-14-6-8-15(9-7-14)12-20-13-16(18(2,3)4)17(19-20)10-11-21-5;1-11(2,3)9-6-14(8-13-9)7-10-12-4-5-15-10;1-8-9(11(2,3)4)6-13-14(8)7-10(15)12-5;1-5-6-12-7-9(11-8-12)10(2,3)4;1-6-7(5-9-10-6)8(2,3)4;1-6(2,3)5-7-9-10(4)8-5/h6-9,13H,10-12H2,1-5H3;4-6,8H,7H2,1-3H3;6H,7H2,1-5H3,(H,12,15);7-8H,5-6H2,1-4H3;5H,1-4H3,(H,9,10);1-4H3. The van der Waals surface area contributed by atoms with Crippen LogP contribution in [-0.4, -0.2) is 101 Å². The molecule has 0 aliphatic rings. The van der Waals surface area contributed by atoms with E-state index in [1.807, 2.05) is 49.7 Å². The molecule has 0 radical (unpaired) electrons. The Morgan fingerprint density at radius 2 is 1.27 bits per heavy atom. The zero-order chi connectivity index (χ0) is 62.7. The minimum absolute atomic E-state index is 0.00819. The van der Waals surface area contributed by atoms with Gasteiger partial charge in [0.15, 0.2) is 5.82 Å². The highest BCUT2D eigenvalue weighted by Gasteiger charge is 2.24. The molecule has 19 heteroatoms. The van der Waals surface area contributed by atoms with Crippen LogP contribution >= 0.6 is 0 Å². The fraction of sp³-hybridized carbons (Fsp3) is 0.594. The lowest BCUT2D eigenvalue weighted by Crippen LogP contribution is -2.25. The molecule has 458 valence electrons. The monoisotopic (exact) mass is 1140 g/mol. The highest BCUT2D eigenvalue weighted by molar-refractivity contribution is 5.75. The highest BCUT2D eigenvalue weighted by atomic mass is 16.5. The van der Waals surface area contributed by atoms with Gasteiger partial charge in [0.2, 0.25) is 11.8 Å². The first kappa shape index (κ1) is 70.2. The van der Waals surface area contributed by atoms with E-state index in [1.165, 1.54) is 50.4 Å². The number of methoxy groups -OCH3 is 1. The van der Waals surface area contributed by atoms with Crippen LogP contribution < -0.4 is 5.32 Å². The Kier molecular flexibility index (Phi) is 25.8. The molecule has 7 heterocycles. The highest BCUT2D eigenvalue weighted by Crippen LogP contribution is 2.28. The second-order valence-electron chi connectivity index (χ2n) is 27.3. The molecule has 1 amide bonds. The smallest absolute Gasteiger partial charge is 0.241 e. The van der Waals surface area contributed by atoms with Gasteiger partial charge in [0.25, 0.3) is 0 Å². The van der Waals surface area contributed by atoms with E-state index in [0.717, 1.165) is 42.4 Å². The minimum atomic E-state index is -0.0262. The second kappa shape index (κ2) is 30.5. The molecule has 0 saturated carbocycles. The van der Waals surface area contributed by atoms with E-state index in [4.69, 9.17) is 14.3 Å². The maximum Gasteiger partial charge on any atom is 0.241 e. The van der Waals surface area contributed by atoms with Crippen molar-refractivity contribution in [2.45, 2.75) is 224 Å². The number of carbonyl (C=O) groups is 1. The van der Waals surface area contributed by atoms with Crippen LogP contribution in [0.4, 0.5) is 0 Å². The van der Waals surface area contributed by atoms with Crippen LogP contribution in [0.5, 0.6) is 0 Å². The van der Waals surface area contributed by atoms with Gasteiger partial charge >= 0.3 is 0 Å². The van der Waals surface area contributed by atoms with Crippen molar-refractivity contribution in [1.29, 1.82) is 0 Å². The van der Waals surface area contributed by atoms with E-state index in [2.05, 4.69) is 235 Å². The van der Waals surface area contributed by atoms with Gasteiger partial charge in [-0.25, -0.2) is 15.0 Å². The summed E-state index contributed by atoms with van der Waals surface area (Å²) in [5.74, 6) is 1.46. The maximum atomic E-state index is 11.2. The lowest BCUT2D eigenvalue weighted by Gasteiger charge is -2.18. The second-order valence-corrected chi connectivity index (χ2v) is 27.3. The normalized spacial score (nSPS) is 11.9. The van der Waals surface area contributed by atoms with Crippen LogP contribution in [0.3, 0.4) is 0 Å². The molecular weight excluding hydrogens is 1040 g/mol. The number of aryl methyl sites for hydroxylation is 4. The summed E-state index contributed by atoms with van der Waals surface area (Å²) in [6.07, 6.45) is 19.1. The summed E-state index contributed by atoms with van der Waals surface area (Å²) in [7, 11) is 5.13. The van der Waals surface area contributed by atoms with Gasteiger partial charge in [0.05, 0.1) is 68.5 Å². The molecule has 2 N–H and O–H groups in total. The topological polar surface area (TPSA) is 208 Å². The zero-order valence-electron chi connectivity index (χ0n) is 55.4. The van der Waals surface area contributed by atoms with E-state index in [1.54, 1.807) is 38.3 Å². The Morgan fingerprint density at radius 3 is 1.67 bits per heavy atom. The molecule has 83 heavy (non-hydrogen) atoms. The van der Waals surface area contributed by atoms with Gasteiger partial charge in [0, 0.05) is 73.3 Å². The van der Waals surface area contributed by atoms with Gasteiger partial charge in [-0.2, -0.15) is 20.1 Å². The quantitative estimate of drug-likeness (QED) is 0.124. The maximum absolute atomic E-state index is 11.2. The van der Waals surface area contributed by atoms with Crippen molar-refractivity contribution in [3.63, 3.8) is 0 Å². The number of rotatable bonds is 11. The van der Waals surface area contributed by atoms with E-state index >= 15 is 0 Å². The zero-order valence-corrected chi connectivity index (χ0v) is 55.4. The Labute approximate surface area is 497 Å². The number of likely N-dealkylation sites (N-methyl/N-ethyl adjacent to an activating group) is 1. The van der Waals surface area contributed by atoms with Gasteiger partial charge in [0.1, 0.15) is 19.4 Å². The molecule has 7 aromatic heterocycles. The van der Waals surface area contributed by atoms with Crippen molar-refractivity contribution in [1.82, 2.24) is 79.4 Å². The number of hydrogen-bond acceptors (Lipinski definition) is 12. The summed E-state index contributed by atoms with van der Waals surface area (Å²) < 4.78 is 18.3. The third kappa shape index (κ3) is 24.0. The summed E-state index contributed by atoms with van der Waals surface area (Å²) in [4.78, 5) is 25.5. The lowest BCUT2D eigenvalue weighted by molar-refractivity contribution is -0.121. The van der Waals surface area contributed by atoms with Crippen molar-refractivity contribution in [3.8, 4) is 0 Å². The number of amides is 1. The minimum Gasteiger partial charge on any atom is -0.447 e. The molecule has 0 fully saturated rings. The number of oxazole rings is 1. The molecule has 19 nitrogen and oxygen atoms in total. The molecule has 0 unspecified atom stereocenters. The summed E-state index contributed by atoms with van der Waals surface area (Å²) in [5.41, 5.74) is 12.7. The number of ether oxygens (including phenoxy) is 1. The third-order valence-electron chi connectivity index (χ3n) is 13.0. The van der Waals surface area contributed by atoms with Gasteiger partial charge < -0.3 is 23.6 Å². The summed E-state index contributed by atoms with van der Waals surface area (Å²) >= 11 is 0. The number of nitrogens with one attached hydrogen (secondary N) is 2. The average Bonchev–Trinajstić information content (AvgIpc) is 4.34. The van der Waals surface area contributed by atoms with Crippen LogP contribution in [0.25, 0.3) is 0 Å². The predicted molar refractivity (Wildman–Crippen MR) is 334 cm³/mol. The van der Waals surface area contributed by atoms with Crippen LogP contribution in [0.1, 0.15) is 206 Å². The molecule has 0 aliphatic carbocycles. The summed E-state index contributed by atoms with van der Waals surface area (Å²) in [5, 5.41) is 30.2. The number of imidazole rings is 2. The summed E-state index contributed by atoms with van der Waals surface area (Å²) in [6.45, 7) is 50.7. The van der Waals surface area contributed by atoms with Gasteiger partial charge in [-0.3, -0.25) is 19.3 Å². The van der Waals surface area contributed by atoms with E-state index < -0.39 is 0 Å². The van der Waals surface area contributed by atoms with Crippen LogP contribution in [0, 0.1) is 20.8 Å². The van der Waals surface area contributed by atoms with Gasteiger partial charge in [-0.05, 0) is 70.9 Å². The summed E-state index contributed by atoms with van der Waals surface area (Å²) in [6, 6.07) is 8.63. The van der Waals surface area contributed by atoms with Crippen molar-refractivity contribution >= 4 is 5.91 Å². The first-order chi connectivity index (χ1) is 38.4. The number of nitrogens with zero attached hydrogens (tertiary/aromatic N) is 14. The Morgan fingerprint density at radius 1 is 0.687 bits per heavy atom. The first-order valence-corrected chi connectivity index (χ1v) is 28.9. The molecule has 0 atom stereocenters. The van der Waals surface area contributed by atoms with Crippen LogP contribution in [-0.2, 0) is 81.7 Å². The number of tetrazole rings is 1. The fourth-order valence-corrected chi connectivity index (χ4v) is 8.13. The Hall–Kier alpha value is -7.02. The fourth-order valence-electron chi connectivity index (χ4n) is 8.13. The van der Waals surface area contributed by atoms with Crippen LogP contribution in [0.2, 0.25) is 0 Å². The van der Waals surface area contributed by atoms with Crippen molar-refractivity contribution < 1.29 is 13.9 Å². The first-order valence-electron chi connectivity index (χ1n) is 28.9. The van der Waals surface area contributed by atoms with E-state index in [0.29, 0.717) is 25.6 Å². The number of aromatic amines is 1. The Bertz CT molecular complexity index is 3100. The number of hydrogen-bond donors (Lipinski definition) is 2. The third-order valence-corrected chi connectivity index (χ3v) is 13.0.